The summed E-state index contributed by atoms with van der Waals surface area (Å²) in [4.78, 5) is 23.9. The number of carbonyl (C=O) groups is 2. The average Bonchev–Trinajstić information content (AvgIpc) is 3.23. The molecule has 0 saturated carbocycles. The number of unbranched alkanes of at least 4 members (excludes halogenated alkanes) is 7. The Kier molecular flexibility index (Phi) is 40.8. The van der Waals surface area contributed by atoms with Crippen LogP contribution in [0.3, 0.4) is 0 Å². The first-order chi connectivity index (χ1) is 28.7. The van der Waals surface area contributed by atoms with E-state index in [2.05, 4.69) is 19.2 Å². The number of benzene rings is 1. The zero-order valence-electron chi connectivity index (χ0n) is 35.9. The Morgan fingerprint density at radius 1 is 0.397 bits per heavy atom. The molecule has 0 aromatic heterocycles. The molecule has 0 atom stereocenters. The van der Waals surface area contributed by atoms with Gasteiger partial charge in [0.05, 0.1) is 138 Å². The van der Waals surface area contributed by atoms with Crippen LogP contribution in [0, 0.1) is 0 Å². The molecule has 1 N–H and O–H groups in total. The van der Waals surface area contributed by atoms with E-state index >= 15 is 0 Å². The maximum absolute atomic E-state index is 12.1. The van der Waals surface area contributed by atoms with Crippen molar-refractivity contribution in [3.05, 3.63) is 29.8 Å². The summed E-state index contributed by atoms with van der Waals surface area (Å²) < 4.78 is 65.3. The van der Waals surface area contributed by atoms with Gasteiger partial charge in [-0.25, -0.2) is 4.79 Å². The molecular weight excluding hydrogens is 754 g/mol. The minimum atomic E-state index is -0.364. The minimum Gasteiger partial charge on any atom is -0.463 e. The van der Waals surface area contributed by atoms with E-state index in [1.807, 2.05) is 12.1 Å². The van der Waals surface area contributed by atoms with Gasteiger partial charge < -0.3 is 62.2 Å². The average molecular weight is 832 g/mol. The lowest BCUT2D eigenvalue weighted by molar-refractivity contribution is -0.145. The molecule has 0 aliphatic heterocycles. The molecule has 0 bridgehead atoms. The molecule has 338 valence electrons. The molecule has 0 saturated heterocycles. The smallest absolute Gasteiger partial charge is 0.338 e. The molecule has 0 spiro atoms. The first-order valence-corrected chi connectivity index (χ1v) is 21.6. The number of esters is 2. The third kappa shape index (κ3) is 37.8. The zero-order valence-corrected chi connectivity index (χ0v) is 35.9. The number of ether oxygens (including phenoxy) is 12. The first kappa shape index (κ1) is 53.6. The maximum Gasteiger partial charge on any atom is 0.338 e. The third-order valence-electron chi connectivity index (χ3n) is 8.26. The second-order valence-electron chi connectivity index (χ2n) is 13.2. The Balaban J connectivity index is 1.68. The maximum atomic E-state index is 12.1. The summed E-state index contributed by atoms with van der Waals surface area (Å²) in [5.74, 6) is -0.509. The number of hydrogen-bond acceptors (Lipinski definition) is 15. The Labute approximate surface area is 348 Å². The number of hydrogen-bond donors (Lipinski definition) is 1. The van der Waals surface area contributed by atoms with Crippen LogP contribution in [0.1, 0.15) is 88.4 Å². The monoisotopic (exact) mass is 832 g/mol. The molecule has 0 aliphatic carbocycles. The summed E-state index contributed by atoms with van der Waals surface area (Å²) >= 11 is 0. The lowest BCUT2D eigenvalue weighted by Crippen LogP contribution is -2.16. The van der Waals surface area contributed by atoms with Gasteiger partial charge in [0.25, 0.3) is 0 Å². The fourth-order valence-corrected chi connectivity index (χ4v) is 5.00. The van der Waals surface area contributed by atoms with Gasteiger partial charge in [-0.1, -0.05) is 58.8 Å². The van der Waals surface area contributed by atoms with Gasteiger partial charge in [-0.05, 0) is 37.1 Å². The molecule has 1 aromatic rings. The molecule has 58 heavy (non-hydrogen) atoms. The van der Waals surface area contributed by atoms with E-state index in [1.165, 1.54) is 32.1 Å². The molecule has 0 radical (unpaired) electrons. The number of carbonyl (C=O) groups excluding carboxylic acids is 2. The van der Waals surface area contributed by atoms with E-state index in [0.29, 0.717) is 144 Å². The fraction of sp³-hybridized carbons (Fsp3) is 0.814. The Hall–Kier alpha value is -2.44. The lowest BCUT2D eigenvalue weighted by atomic mass is 10.1. The highest BCUT2D eigenvalue weighted by atomic mass is 16.6. The molecule has 0 unspecified atom stereocenters. The van der Waals surface area contributed by atoms with Crippen LogP contribution in [0.15, 0.2) is 24.3 Å². The largest absolute Gasteiger partial charge is 0.463 e. The van der Waals surface area contributed by atoms with E-state index in [0.717, 1.165) is 37.9 Å². The highest BCUT2D eigenvalue weighted by Gasteiger charge is 2.07. The van der Waals surface area contributed by atoms with Crippen molar-refractivity contribution in [2.45, 2.75) is 78.1 Å². The molecule has 1 aromatic carbocycles. The molecule has 0 amide bonds. The van der Waals surface area contributed by atoms with Crippen molar-refractivity contribution in [2.75, 3.05) is 157 Å². The van der Waals surface area contributed by atoms with Crippen LogP contribution < -0.4 is 5.32 Å². The summed E-state index contributed by atoms with van der Waals surface area (Å²) in [6, 6.07) is 7.29. The molecule has 1 rings (SSSR count). The van der Waals surface area contributed by atoms with Gasteiger partial charge in [0.2, 0.25) is 0 Å². The standard InChI is InChI=1S/C43H77NO14/c1-3-5-7-8-9-10-11-12-42(45)57-38-36-55-34-32-53-30-28-51-26-24-49-22-20-47-18-19-48-21-23-50-25-27-52-29-31-54-33-35-56-37-39-58-43(46)40-13-15-41(16-14-40)44-17-6-4-2/h13-16,44H,3-12,17-39H2,1-2H3. The first-order valence-electron chi connectivity index (χ1n) is 21.6. The Morgan fingerprint density at radius 3 is 1.10 bits per heavy atom. The summed E-state index contributed by atoms with van der Waals surface area (Å²) in [5.41, 5.74) is 1.51. The van der Waals surface area contributed by atoms with Crippen molar-refractivity contribution in [1.29, 1.82) is 0 Å². The van der Waals surface area contributed by atoms with Crippen LogP contribution in [-0.2, 0) is 61.6 Å². The SMILES string of the molecule is CCCCCCCCCC(=O)OCCOCCOCCOCCOCCOCCOCCOCCOCCOCCOCCOC(=O)c1ccc(NCCCC)cc1. The topological polar surface area (TPSA) is 157 Å². The van der Waals surface area contributed by atoms with Gasteiger partial charge in [-0.15, -0.1) is 0 Å². The zero-order chi connectivity index (χ0) is 41.7. The predicted molar refractivity (Wildman–Crippen MR) is 222 cm³/mol. The molecule has 0 heterocycles. The fourth-order valence-electron chi connectivity index (χ4n) is 5.00. The van der Waals surface area contributed by atoms with E-state index in [-0.39, 0.29) is 25.2 Å². The summed E-state index contributed by atoms with van der Waals surface area (Å²) in [5, 5.41) is 3.32. The molecule has 15 nitrogen and oxygen atoms in total. The van der Waals surface area contributed by atoms with Crippen LogP contribution in [0.4, 0.5) is 5.69 Å². The highest BCUT2D eigenvalue weighted by molar-refractivity contribution is 5.89. The minimum absolute atomic E-state index is 0.145. The Bertz CT molecular complexity index is 1020. The van der Waals surface area contributed by atoms with Gasteiger partial charge in [0, 0.05) is 18.7 Å². The van der Waals surface area contributed by atoms with Gasteiger partial charge >= 0.3 is 11.9 Å². The number of rotatable bonds is 46. The van der Waals surface area contributed by atoms with E-state index in [9.17, 15) is 9.59 Å². The molecule has 0 fully saturated rings. The van der Waals surface area contributed by atoms with Crippen LogP contribution >= 0.6 is 0 Å². The number of nitrogens with one attached hydrogen (secondary N) is 1. The highest BCUT2D eigenvalue weighted by Crippen LogP contribution is 2.11. The lowest BCUT2D eigenvalue weighted by Gasteiger charge is -2.09. The van der Waals surface area contributed by atoms with Crippen molar-refractivity contribution < 1.29 is 66.4 Å². The second-order valence-corrected chi connectivity index (χ2v) is 13.2. The van der Waals surface area contributed by atoms with Crippen LogP contribution in [0.25, 0.3) is 0 Å². The van der Waals surface area contributed by atoms with Gasteiger partial charge in [-0.2, -0.15) is 0 Å². The summed E-state index contributed by atoms with van der Waals surface area (Å²) in [6.07, 6.45) is 11.0. The summed E-state index contributed by atoms with van der Waals surface area (Å²) in [7, 11) is 0. The summed E-state index contributed by atoms with van der Waals surface area (Å²) in [6.45, 7) is 14.9. The predicted octanol–water partition coefficient (Wildman–Crippen LogP) is 5.91. The van der Waals surface area contributed by atoms with Gasteiger partial charge in [0.15, 0.2) is 0 Å². The van der Waals surface area contributed by atoms with Crippen molar-refractivity contribution >= 4 is 17.6 Å². The number of anilines is 1. The van der Waals surface area contributed by atoms with Crippen molar-refractivity contribution in [1.82, 2.24) is 0 Å². The third-order valence-corrected chi connectivity index (χ3v) is 8.26. The van der Waals surface area contributed by atoms with Crippen molar-refractivity contribution in [2.24, 2.45) is 0 Å². The van der Waals surface area contributed by atoms with E-state index in [4.69, 9.17) is 56.8 Å². The van der Waals surface area contributed by atoms with Crippen LogP contribution in [-0.4, -0.2) is 164 Å². The molecule has 15 heteroatoms. The van der Waals surface area contributed by atoms with E-state index in [1.54, 1.807) is 12.1 Å². The van der Waals surface area contributed by atoms with Crippen molar-refractivity contribution in [3.8, 4) is 0 Å². The Morgan fingerprint density at radius 2 is 0.724 bits per heavy atom. The normalized spacial score (nSPS) is 11.3. The van der Waals surface area contributed by atoms with Crippen LogP contribution in [0.5, 0.6) is 0 Å². The van der Waals surface area contributed by atoms with Crippen LogP contribution in [0.2, 0.25) is 0 Å². The quantitative estimate of drug-likeness (QED) is 0.0611. The van der Waals surface area contributed by atoms with Gasteiger partial charge in [0.1, 0.15) is 13.2 Å². The molecule has 0 aliphatic rings. The van der Waals surface area contributed by atoms with Crippen molar-refractivity contribution in [3.63, 3.8) is 0 Å². The van der Waals surface area contributed by atoms with E-state index < -0.39 is 0 Å². The molecular formula is C43H77NO14. The second kappa shape index (κ2) is 44.1. The van der Waals surface area contributed by atoms with Gasteiger partial charge in [-0.3, -0.25) is 4.79 Å².